The predicted molar refractivity (Wildman–Crippen MR) is 104 cm³/mol. The van der Waals surface area contributed by atoms with Gasteiger partial charge >= 0.3 is 0 Å². The first-order chi connectivity index (χ1) is 11.9. The predicted octanol–water partition coefficient (Wildman–Crippen LogP) is 3.10. The molecule has 3 N–H and O–H groups in total. The van der Waals surface area contributed by atoms with Crippen molar-refractivity contribution < 1.29 is 14.3 Å². The molecule has 6 heteroatoms. The highest BCUT2D eigenvalue weighted by atomic mass is 35.5. The van der Waals surface area contributed by atoms with Crippen molar-refractivity contribution in [2.24, 2.45) is 17.6 Å². The van der Waals surface area contributed by atoms with E-state index in [-0.39, 0.29) is 36.2 Å². The quantitative estimate of drug-likeness (QED) is 0.769. The van der Waals surface area contributed by atoms with Gasteiger partial charge in [0.2, 0.25) is 0 Å². The molecule has 1 aromatic carbocycles. The molecule has 144 valence electrons. The fourth-order valence-electron chi connectivity index (χ4n) is 4.35. The van der Waals surface area contributed by atoms with Crippen LogP contribution in [0.25, 0.3) is 0 Å². The van der Waals surface area contributed by atoms with E-state index in [4.69, 9.17) is 10.5 Å². The van der Waals surface area contributed by atoms with Gasteiger partial charge in [-0.2, -0.15) is 0 Å². The minimum Gasteiger partial charge on any atom is -0.481 e. The van der Waals surface area contributed by atoms with Crippen LogP contribution in [-0.4, -0.2) is 29.9 Å². The fraction of sp³-hybridized carbons (Fsp3) is 0.600. The van der Waals surface area contributed by atoms with E-state index in [2.05, 4.69) is 5.32 Å². The summed E-state index contributed by atoms with van der Waals surface area (Å²) in [5.74, 6) is 1.40. The average Bonchev–Trinajstić information content (AvgIpc) is 2.55. The van der Waals surface area contributed by atoms with Crippen LogP contribution >= 0.6 is 12.4 Å². The summed E-state index contributed by atoms with van der Waals surface area (Å²) >= 11 is 0. The zero-order valence-electron chi connectivity index (χ0n) is 15.4. The number of carbonyl (C=O) groups is 2. The van der Waals surface area contributed by atoms with Crippen LogP contribution in [0.15, 0.2) is 24.3 Å². The van der Waals surface area contributed by atoms with Crippen molar-refractivity contribution in [2.45, 2.75) is 64.1 Å². The van der Waals surface area contributed by atoms with E-state index >= 15 is 0 Å². The number of nitrogens with two attached hydrogens (primary N) is 1. The lowest BCUT2D eigenvalue weighted by atomic mass is 9.67. The maximum atomic E-state index is 12.6. The summed E-state index contributed by atoms with van der Waals surface area (Å²) < 4.78 is 5.76. The van der Waals surface area contributed by atoms with E-state index in [9.17, 15) is 9.59 Å². The van der Waals surface area contributed by atoms with Gasteiger partial charge in [-0.1, -0.05) is 18.6 Å². The molecule has 3 unspecified atom stereocenters. The molecule has 26 heavy (non-hydrogen) atoms. The average molecular weight is 381 g/mol. The molecule has 0 saturated heterocycles. The molecule has 0 spiro atoms. The number of hydrogen-bond donors (Lipinski definition) is 2. The normalized spacial score (nSPS) is 28.4. The Bertz CT molecular complexity index is 638. The lowest BCUT2D eigenvalue weighted by Gasteiger charge is -2.45. The van der Waals surface area contributed by atoms with Crippen LogP contribution in [0, 0.1) is 11.8 Å². The molecule has 2 bridgehead atoms. The Labute approximate surface area is 161 Å². The standard InChI is InChI=1S/C20H28N2O3.ClH/c1-12(23)14-5-4-8-18(11-14)25-13(2)20(24)22-19-15-6-3-7-16(19)10-17(21)9-15;/h4-5,8,11,13,15-17,19H,3,6-7,9-10,21H2,1-2H3,(H,22,24);1H. The highest BCUT2D eigenvalue weighted by Gasteiger charge is 2.40. The molecule has 1 amide bonds. The number of nitrogens with one attached hydrogen (secondary N) is 1. The number of ether oxygens (including phenoxy) is 1. The lowest BCUT2D eigenvalue weighted by molar-refractivity contribution is -0.129. The molecular formula is C20H29ClN2O3. The first kappa shape index (κ1) is 20.7. The van der Waals surface area contributed by atoms with Gasteiger partial charge in [0.05, 0.1) is 0 Å². The number of amides is 1. The van der Waals surface area contributed by atoms with Gasteiger partial charge in [-0.3, -0.25) is 9.59 Å². The zero-order chi connectivity index (χ0) is 18.0. The Morgan fingerprint density at radius 2 is 1.88 bits per heavy atom. The molecule has 2 fully saturated rings. The monoisotopic (exact) mass is 380 g/mol. The van der Waals surface area contributed by atoms with Crippen molar-refractivity contribution in [3.05, 3.63) is 29.8 Å². The highest BCUT2D eigenvalue weighted by molar-refractivity contribution is 5.94. The summed E-state index contributed by atoms with van der Waals surface area (Å²) in [4.78, 5) is 24.1. The molecule has 3 atom stereocenters. The van der Waals surface area contributed by atoms with Gasteiger partial charge in [-0.25, -0.2) is 0 Å². The van der Waals surface area contributed by atoms with E-state index in [0.717, 1.165) is 25.7 Å². The van der Waals surface area contributed by atoms with Crippen molar-refractivity contribution in [1.29, 1.82) is 0 Å². The van der Waals surface area contributed by atoms with E-state index in [1.807, 2.05) is 0 Å². The topological polar surface area (TPSA) is 81.4 Å². The van der Waals surface area contributed by atoms with E-state index in [1.54, 1.807) is 31.2 Å². The molecule has 0 radical (unpaired) electrons. The van der Waals surface area contributed by atoms with Crippen LogP contribution in [0.4, 0.5) is 0 Å². The first-order valence-electron chi connectivity index (χ1n) is 9.27. The number of benzene rings is 1. The van der Waals surface area contributed by atoms with Gasteiger partial charge in [0, 0.05) is 17.6 Å². The van der Waals surface area contributed by atoms with E-state index < -0.39 is 6.10 Å². The summed E-state index contributed by atoms with van der Waals surface area (Å²) in [5.41, 5.74) is 6.74. The SMILES string of the molecule is CC(=O)c1cccc(OC(C)C(=O)NC2C3CCCC2CC(N)C3)c1.Cl. The molecule has 0 aromatic heterocycles. The summed E-state index contributed by atoms with van der Waals surface area (Å²) in [7, 11) is 0. The van der Waals surface area contributed by atoms with Crippen LogP contribution in [0.1, 0.15) is 56.3 Å². The van der Waals surface area contributed by atoms with Crippen molar-refractivity contribution >= 4 is 24.1 Å². The molecule has 2 aliphatic rings. The number of carbonyl (C=O) groups excluding carboxylic acids is 2. The number of hydrogen-bond acceptors (Lipinski definition) is 4. The third kappa shape index (κ3) is 4.77. The van der Waals surface area contributed by atoms with E-state index in [0.29, 0.717) is 23.1 Å². The zero-order valence-corrected chi connectivity index (χ0v) is 16.3. The molecule has 3 rings (SSSR count). The Kier molecular flexibility index (Phi) is 7.07. The van der Waals surface area contributed by atoms with Crippen molar-refractivity contribution in [2.75, 3.05) is 0 Å². The maximum Gasteiger partial charge on any atom is 0.261 e. The lowest BCUT2D eigenvalue weighted by Crippen LogP contribution is -2.55. The summed E-state index contributed by atoms with van der Waals surface area (Å²) in [6.07, 6.45) is 4.92. The second kappa shape index (κ2) is 8.87. The van der Waals surface area contributed by atoms with Crippen molar-refractivity contribution in [3.63, 3.8) is 0 Å². The molecule has 5 nitrogen and oxygen atoms in total. The Hall–Kier alpha value is -1.59. The van der Waals surface area contributed by atoms with Gasteiger partial charge in [0.15, 0.2) is 11.9 Å². The third-order valence-electron chi connectivity index (χ3n) is 5.61. The smallest absolute Gasteiger partial charge is 0.261 e. The second-order valence-electron chi connectivity index (χ2n) is 7.56. The van der Waals surface area contributed by atoms with Crippen molar-refractivity contribution in [3.8, 4) is 5.75 Å². The number of ketones is 1. The van der Waals surface area contributed by atoms with Crippen molar-refractivity contribution in [1.82, 2.24) is 5.32 Å². The van der Waals surface area contributed by atoms with Gasteiger partial charge in [0.1, 0.15) is 5.75 Å². The minimum atomic E-state index is -0.599. The van der Waals surface area contributed by atoms with Crippen LogP contribution < -0.4 is 15.8 Å². The van der Waals surface area contributed by atoms with Crippen LogP contribution in [0.5, 0.6) is 5.75 Å². The molecule has 0 heterocycles. The van der Waals surface area contributed by atoms with E-state index in [1.165, 1.54) is 13.3 Å². The maximum absolute atomic E-state index is 12.6. The summed E-state index contributed by atoms with van der Waals surface area (Å²) in [5, 5.41) is 3.21. The number of fused-ring (bicyclic) bond motifs is 2. The van der Waals surface area contributed by atoms with Gasteiger partial charge < -0.3 is 15.8 Å². The summed E-state index contributed by atoms with van der Waals surface area (Å²) in [6, 6.07) is 7.45. The van der Waals surface area contributed by atoms with Crippen LogP contribution in [-0.2, 0) is 4.79 Å². The van der Waals surface area contributed by atoms with Gasteiger partial charge in [0.25, 0.3) is 5.91 Å². The molecule has 0 aliphatic heterocycles. The Morgan fingerprint density at radius 1 is 1.23 bits per heavy atom. The first-order valence-corrected chi connectivity index (χ1v) is 9.27. The Morgan fingerprint density at radius 3 is 2.50 bits per heavy atom. The number of rotatable bonds is 5. The minimum absolute atomic E-state index is 0. The fourth-order valence-corrected chi connectivity index (χ4v) is 4.35. The molecule has 2 saturated carbocycles. The van der Waals surface area contributed by atoms with Crippen LogP contribution in [0.2, 0.25) is 0 Å². The molecule has 2 aliphatic carbocycles. The second-order valence-corrected chi connectivity index (χ2v) is 7.56. The molecule has 1 aromatic rings. The third-order valence-corrected chi connectivity index (χ3v) is 5.61. The number of Topliss-reactive ketones (excluding diaryl/α,β-unsaturated/α-hetero) is 1. The van der Waals surface area contributed by atoms with Gasteiger partial charge in [-0.15, -0.1) is 12.4 Å². The highest BCUT2D eigenvalue weighted by Crippen LogP contribution is 2.39. The Balaban J connectivity index is 0.00000243. The number of halogens is 1. The van der Waals surface area contributed by atoms with Crippen LogP contribution in [0.3, 0.4) is 0 Å². The van der Waals surface area contributed by atoms with Gasteiger partial charge in [-0.05, 0) is 63.5 Å². The summed E-state index contributed by atoms with van der Waals surface area (Å²) in [6.45, 7) is 3.27. The largest absolute Gasteiger partial charge is 0.481 e. The molecular weight excluding hydrogens is 352 g/mol.